The van der Waals surface area contributed by atoms with E-state index >= 15 is 0 Å². The van der Waals surface area contributed by atoms with Crippen molar-refractivity contribution in [1.82, 2.24) is 10.2 Å². The summed E-state index contributed by atoms with van der Waals surface area (Å²) in [6.07, 6.45) is 0. The van der Waals surface area contributed by atoms with E-state index in [1.807, 2.05) is 6.92 Å². The normalized spacial score (nSPS) is 20.7. The minimum Gasteiger partial charge on any atom is -0.465 e. The summed E-state index contributed by atoms with van der Waals surface area (Å²) in [5, 5.41) is 3.30. The lowest BCUT2D eigenvalue weighted by molar-refractivity contribution is -0.167. The second kappa shape index (κ2) is 7.07. The molecule has 0 radical (unpaired) electrons. The molecule has 5 heteroatoms. The highest BCUT2D eigenvalue weighted by Crippen LogP contribution is 2.28. The van der Waals surface area contributed by atoms with Crippen molar-refractivity contribution in [2.75, 3.05) is 46.5 Å². The third-order valence-corrected chi connectivity index (χ3v) is 3.63. The van der Waals surface area contributed by atoms with E-state index in [4.69, 9.17) is 9.47 Å². The number of methoxy groups -OCH3 is 1. The highest BCUT2D eigenvalue weighted by Gasteiger charge is 2.48. The van der Waals surface area contributed by atoms with E-state index in [9.17, 15) is 4.79 Å². The van der Waals surface area contributed by atoms with Crippen LogP contribution in [0.4, 0.5) is 0 Å². The van der Waals surface area contributed by atoms with Gasteiger partial charge >= 0.3 is 5.97 Å². The fourth-order valence-corrected chi connectivity index (χ4v) is 2.59. The molecule has 0 aromatic carbocycles. The van der Waals surface area contributed by atoms with Crippen molar-refractivity contribution in [1.29, 1.82) is 0 Å². The van der Waals surface area contributed by atoms with Crippen LogP contribution in [0, 0.1) is 5.92 Å². The number of hydrogen-bond donors (Lipinski definition) is 1. The van der Waals surface area contributed by atoms with Crippen LogP contribution in [0.15, 0.2) is 0 Å². The lowest BCUT2D eigenvalue weighted by Crippen LogP contribution is -2.65. The molecule has 1 saturated heterocycles. The Morgan fingerprint density at radius 2 is 2.00 bits per heavy atom. The van der Waals surface area contributed by atoms with E-state index in [1.165, 1.54) is 0 Å². The van der Waals surface area contributed by atoms with E-state index in [-0.39, 0.29) is 11.9 Å². The summed E-state index contributed by atoms with van der Waals surface area (Å²) in [5.74, 6) is -0.0154. The van der Waals surface area contributed by atoms with Gasteiger partial charge in [0.25, 0.3) is 0 Å². The molecule has 1 aliphatic rings. The SMILES string of the molecule is CCOC(=O)C(COC)(C(C)C)N1CCNCC1. The molecule has 0 aromatic rings. The van der Waals surface area contributed by atoms with Gasteiger partial charge in [0.2, 0.25) is 0 Å². The Labute approximate surface area is 110 Å². The highest BCUT2D eigenvalue weighted by molar-refractivity contribution is 5.81. The molecule has 18 heavy (non-hydrogen) atoms. The van der Waals surface area contributed by atoms with E-state index in [2.05, 4.69) is 24.1 Å². The molecule has 1 rings (SSSR count). The van der Waals surface area contributed by atoms with Gasteiger partial charge in [-0.25, -0.2) is 4.79 Å². The zero-order chi connectivity index (χ0) is 13.6. The lowest BCUT2D eigenvalue weighted by Gasteiger charge is -2.45. The van der Waals surface area contributed by atoms with Gasteiger partial charge < -0.3 is 14.8 Å². The largest absolute Gasteiger partial charge is 0.465 e. The first-order chi connectivity index (χ1) is 8.59. The predicted octanol–water partition coefficient (Wildman–Crippen LogP) is 0.496. The second-order valence-electron chi connectivity index (χ2n) is 4.97. The maximum Gasteiger partial charge on any atom is 0.329 e. The van der Waals surface area contributed by atoms with Crippen LogP contribution in [0.3, 0.4) is 0 Å². The smallest absolute Gasteiger partial charge is 0.329 e. The van der Waals surface area contributed by atoms with Crippen LogP contribution in [0.25, 0.3) is 0 Å². The number of carbonyl (C=O) groups is 1. The maximum absolute atomic E-state index is 12.4. The van der Waals surface area contributed by atoms with Gasteiger partial charge in [-0.2, -0.15) is 0 Å². The van der Waals surface area contributed by atoms with Gasteiger partial charge in [-0.05, 0) is 12.8 Å². The average Bonchev–Trinajstić information content (AvgIpc) is 2.36. The van der Waals surface area contributed by atoms with Gasteiger partial charge in [-0.1, -0.05) is 13.8 Å². The number of carbonyl (C=O) groups excluding carboxylic acids is 1. The summed E-state index contributed by atoms with van der Waals surface area (Å²) < 4.78 is 10.6. The predicted molar refractivity (Wildman–Crippen MR) is 70.5 cm³/mol. The van der Waals surface area contributed by atoms with Crippen molar-refractivity contribution in [2.24, 2.45) is 5.92 Å². The lowest BCUT2D eigenvalue weighted by atomic mass is 9.84. The Morgan fingerprint density at radius 3 is 2.44 bits per heavy atom. The topological polar surface area (TPSA) is 50.8 Å². The van der Waals surface area contributed by atoms with E-state index in [1.54, 1.807) is 7.11 Å². The van der Waals surface area contributed by atoms with Crippen LogP contribution in [0.5, 0.6) is 0 Å². The molecule has 5 nitrogen and oxygen atoms in total. The van der Waals surface area contributed by atoms with Crippen LogP contribution in [-0.2, 0) is 14.3 Å². The zero-order valence-electron chi connectivity index (χ0n) is 12.0. The second-order valence-corrected chi connectivity index (χ2v) is 4.97. The number of rotatable bonds is 6. The third-order valence-electron chi connectivity index (χ3n) is 3.63. The van der Waals surface area contributed by atoms with Gasteiger partial charge in [0.15, 0.2) is 0 Å². The Hall–Kier alpha value is -0.650. The summed E-state index contributed by atoms with van der Waals surface area (Å²) in [6.45, 7) is 10.2. The summed E-state index contributed by atoms with van der Waals surface area (Å²) in [6, 6.07) is 0. The average molecular weight is 258 g/mol. The summed E-state index contributed by atoms with van der Waals surface area (Å²) in [7, 11) is 1.64. The van der Waals surface area contributed by atoms with Crippen LogP contribution in [-0.4, -0.2) is 62.9 Å². The van der Waals surface area contributed by atoms with Crippen molar-refractivity contribution in [3.63, 3.8) is 0 Å². The molecule has 1 unspecified atom stereocenters. The van der Waals surface area contributed by atoms with Crippen molar-refractivity contribution >= 4 is 5.97 Å². The monoisotopic (exact) mass is 258 g/mol. The van der Waals surface area contributed by atoms with Crippen LogP contribution in [0.2, 0.25) is 0 Å². The van der Waals surface area contributed by atoms with Gasteiger partial charge in [-0.3, -0.25) is 4.90 Å². The molecular weight excluding hydrogens is 232 g/mol. The van der Waals surface area contributed by atoms with Crippen molar-refractivity contribution in [2.45, 2.75) is 26.3 Å². The molecule has 1 fully saturated rings. The quantitative estimate of drug-likeness (QED) is 0.703. The summed E-state index contributed by atoms with van der Waals surface area (Å²) in [4.78, 5) is 14.6. The molecule has 1 atom stereocenters. The van der Waals surface area contributed by atoms with Crippen molar-refractivity contribution < 1.29 is 14.3 Å². The standard InChI is InChI=1S/C13H26N2O3/c1-5-18-12(16)13(10-17-4,11(2)3)15-8-6-14-7-9-15/h11,14H,5-10H2,1-4H3. The third kappa shape index (κ3) is 3.02. The Morgan fingerprint density at radius 1 is 1.39 bits per heavy atom. The van der Waals surface area contributed by atoms with Gasteiger partial charge in [0.1, 0.15) is 5.54 Å². The van der Waals surface area contributed by atoms with E-state index < -0.39 is 5.54 Å². The molecule has 1 aliphatic heterocycles. The van der Waals surface area contributed by atoms with Crippen LogP contribution >= 0.6 is 0 Å². The number of hydrogen-bond acceptors (Lipinski definition) is 5. The molecule has 0 bridgehead atoms. The number of ether oxygens (including phenoxy) is 2. The van der Waals surface area contributed by atoms with Crippen LogP contribution in [0.1, 0.15) is 20.8 Å². The molecule has 106 valence electrons. The van der Waals surface area contributed by atoms with E-state index in [0.29, 0.717) is 13.2 Å². The molecular formula is C13H26N2O3. The van der Waals surface area contributed by atoms with Crippen molar-refractivity contribution in [3.8, 4) is 0 Å². The first-order valence-corrected chi connectivity index (χ1v) is 6.71. The molecule has 0 amide bonds. The summed E-state index contributed by atoms with van der Waals surface area (Å²) >= 11 is 0. The minimum atomic E-state index is -0.660. The first-order valence-electron chi connectivity index (χ1n) is 6.71. The Balaban J connectivity index is 2.98. The molecule has 1 heterocycles. The Bertz CT molecular complexity index is 265. The first kappa shape index (κ1) is 15.4. The number of esters is 1. The zero-order valence-corrected chi connectivity index (χ0v) is 12.0. The van der Waals surface area contributed by atoms with Crippen molar-refractivity contribution in [3.05, 3.63) is 0 Å². The van der Waals surface area contributed by atoms with Crippen LogP contribution < -0.4 is 5.32 Å². The maximum atomic E-state index is 12.4. The molecule has 0 aliphatic carbocycles. The molecule has 0 spiro atoms. The molecule has 1 N–H and O–H groups in total. The number of nitrogens with zero attached hydrogens (tertiary/aromatic N) is 1. The number of nitrogens with one attached hydrogen (secondary N) is 1. The summed E-state index contributed by atoms with van der Waals surface area (Å²) in [5.41, 5.74) is -0.660. The highest BCUT2D eigenvalue weighted by atomic mass is 16.5. The van der Waals surface area contributed by atoms with Gasteiger partial charge in [0, 0.05) is 33.3 Å². The number of piperazine rings is 1. The van der Waals surface area contributed by atoms with E-state index in [0.717, 1.165) is 26.2 Å². The minimum absolute atomic E-state index is 0.148. The van der Waals surface area contributed by atoms with Gasteiger partial charge in [-0.15, -0.1) is 0 Å². The fraction of sp³-hybridized carbons (Fsp3) is 0.923. The molecule has 0 aromatic heterocycles. The Kier molecular flexibility index (Phi) is 6.05. The molecule has 0 saturated carbocycles. The van der Waals surface area contributed by atoms with Gasteiger partial charge in [0.05, 0.1) is 13.2 Å². The fourth-order valence-electron chi connectivity index (χ4n) is 2.59.